The fraction of sp³-hybridized carbons (Fsp3) is 0.143. The molecule has 3 N–H and O–H groups in total. The van der Waals surface area contributed by atoms with Crippen molar-refractivity contribution < 1.29 is 9.90 Å². The van der Waals surface area contributed by atoms with Gasteiger partial charge in [0.2, 0.25) is 5.95 Å². The van der Waals surface area contributed by atoms with Gasteiger partial charge in [0, 0.05) is 13.6 Å². The van der Waals surface area contributed by atoms with Gasteiger partial charge in [-0.05, 0) is 17.7 Å². The fourth-order valence-electron chi connectivity index (χ4n) is 2.24. The number of aryl methyl sites for hydroxylation is 1. The molecule has 0 unspecified atom stereocenters. The van der Waals surface area contributed by atoms with Gasteiger partial charge in [0.25, 0.3) is 5.56 Å². The van der Waals surface area contributed by atoms with Crippen LogP contribution in [-0.2, 0) is 13.6 Å². The molecule has 0 saturated heterocycles. The van der Waals surface area contributed by atoms with Crippen LogP contribution in [0.5, 0.6) is 0 Å². The molecule has 2 heterocycles. The van der Waals surface area contributed by atoms with Gasteiger partial charge in [-0.25, -0.2) is 9.78 Å². The molecule has 0 amide bonds. The van der Waals surface area contributed by atoms with E-state index in [9.17, 15) is 9.59 Å². The van der Waals surface area contributed by atoms with Crippen LogP contribution in [0, 0.1) is 0 Å². The maximum atomic E-state index is 12.1. The number of carbonyl (C=O) groups is 1. The average Bonchev–Trinajstić information content (AvgIpc) is 2.86. The third kappa shape index (κ3) is 2.93. The normalized spacial score (nSPS) is 11.0. The zero-order valence-corrected chi connectivity index (χ0v) is 13.8. The van der Waals surface area contributed by atoms with Crippen LogP contribution in [0.3, 0.4) is 0 Å². The summed E-state index contributed by atoms with van der Waals surface area (Å²) in [6.45, 7) is 0.313. The minimum Gasteiger partial charge on any atom is -0.476 e. The number of aromatic carboxylic acids is 1. The highest BCUT2D eigenvalue weighted by Gasteiger charge is 2.19. The number of fused-ring (bicyclic) bond motifs is 1. The summed E-state index contributed by atoms with van der Waals surface area (Å²) in [7, 11) is 1.48. The van der Waals surface area contributed by atoms with Gasteiger partial charge in [-0.2, -0.15) is 5.10 Å². The van der Waals surface area contributed by atoms with Crippen LogP contribution in [-0.4, -0.2) is 30.8 Å². The lowest BCUT2D eigenvalue weighted by atomic mass is 10.2. The largest absolute Gasteiger partial charge is 0.476 e. The number of rotatable bonds is 4. The van der Waals surface area contributed by atoms with E-state index >= 15 is 0 Å². The van der Waals surface area contributed by atoms with Gasteiger partial charge in [-0.3, -0.25) is 14.5 Å². The fourth-order valence-corrected chi connectivity index (χ4v) is 2.56. The predicted octanol–water partition coefficient (Wildman–Crippen LogP) is 2.27. The SMILES string of the molecule is Cn1nc(C(=O)O)c2nc(NCc3ccc(Cl)c(Cl)c3)[nH]c(=O)c21. The van der Waals surface area contributed by atoms with Crippen molar-refractivity contribution in [2.24, 2.45) is 7.05 Å². The number of H-pyrrole nitrogens is 1. The highest BCUT2D eigenvalue weighted by atomic mass is 35.5. The molecule has 0 spiro atoms. The summed E-state index contributed by atoms with van der Waals surface area (Å²) in [4.78, 5) is 30.1. The molecule has 24 heavy (non-hydrogen) atoms. The van der Waals surface area contributed by atoms with Crippen molar-refractivity contribution in [3.8, 4) is 0 Å². The Hall–Kier alpha value is -2.58. The summed E-state index contributed by atoms with van der Waals surface area (Å²) >= 11 is 11.8. The second kappa shape index (κ2) is 6.14. The standard InChI is InChI=1S/C14H11Cl2N5O3/c1-21-11-9(10(20-21)13(23)24)18-14(19-12(11)22)17-5-6-2-3-7(15)8(16)4-6/h2-4H,5H2,1H3,(H,23,24)(H2,17,18,19,22). The van der Waals surface area contributed by atoms with E-state index in [2.05, 4.69) is 20.4 Å². The number of halogens is 2. The smallest absolute Gasteiger partial charge is 0.358 e. The predicted molar refractivity (Wildman–Crippen MR) is 89.9 cm³/mol. The molecule has 3 rings (SSSR count). The zero-order chi connectivity index (χ0) is 17.4. The lowest BCUT2D eigenvalue weighted by Crippen LogP contribution is -2.15. The van der Waals surface area contributed by atoms with E-state index in [-0.39, 0.29) is 22.7 Å². The molecule has 0 aliphatic rings. The van der Waals surface area contributed by atoms with Crippen molar-refractivity contribution in [1.82, 2.24) is 19.7 Å². The van der Waals surface area contributed by atoms with Gasteiger partial charge in [0.1, 0.15) is 5.52 Å². The second-order valence-electron chi connectivity index (χ2n) is 4.99. The Kier molecular flexibility index (Phi) is 4.16. The van der Waals surface area contributed by atoms with Crippen molar-refractivity contribution in [1.29, 1.82) is 0 Å². The van der Waals surface area contributed by atoms with E-state index in [4.69, 9.17) is 28.3 Å². The Balaban J connectivity index is 1.95. The molecule has 0 atom stereocenters. The summed E-state index contributed by atoms with van der Waals surface area (Å²) in [5.41, 5.74) is 0.157. The van der Waals surface area contributed by atoms with E-state index in [1.807, 2.05) is 0 Å². The van der Waals surface area contributed by atoms with Gasteiger partial charge in [0.15, 0.2) is 11.2 Å². The molecule has 124 valence electrons. The molecule has 0 saturated carbocycles. The molecule has 0 aliphatic heterocycles. The number of nitrogens with zero attached hydrogens (tertiary/aromatic N) is 3. The third-order valence-corrected chi connectivity index (χ3v) is 4.08. The highest BCUT2D eigenvalue weighted by Crippen LogP contribution is 2.23. The topological polar surface area (TPSA) is 113 Å². The number of anilines is 1. The number of aromatic nitrogens is 4. The number of hydrogen-bond acceptors (Lipinski definition) is 5. The van der Waals surface area contributed by atoms with Gasteiger partial charge < -0.3 is 10.4 Å². The van der Waals surface area contributed by atoms with Gasteiger partial charge in [-0.15, -0.1) is 0 Å². The molecule has 0 aliphatic carbocycles. The highest BCUT2D eigenvalue weighted by molar-refractivity contribution is 6.42. The molecule has 3 aromatic rings. The van der Waals surface area contributed by atoms with Crippen molar-refractivity contribution in [2.45, 2.75) is 6.54 Å². The minimum absolute atomic E-state index is 0.0189. The zero-order valence-electron chi connectivity index (χ0n) is 12.3. The lowest BCUT2D eigenvalue weighted by molar-refractivity contribution is 0.0691. The molecule has 2 aromatic heterocycles. The molecule has 0 bridgehead atoms. The van der Waals surface area contributed by atoms with Crippen molar-refractivity contribution in [3.05, 3.63) is 49.9 Å². The molecule has 10 heteroatoms. The average molecular weight is 368 g/mol. The minimum atomic E-state index is -1.26. The Morgan fingerprint density at radius 3 is 2.79 bits per heavy atom. The molecule has 0 radical (unpaired) electrons. The first-order valence-corrected chi connectivity index (χ1v) is 7.50. The first kappa shape index (κ1) is 16.3. The molecular formula is C14H11Cl2N5O3. The second-order valence-corrected chi connectivity index (χ2v) is 5.81. The van der Waals surface area contributed by atoms with Gasteiger partial charge in [-0.1, -0.05) is 29.3 Å². The number of aromatic amines is 1. The third-order valence-electron chi connectivity index (χ3n) is 3.34. The number of carboxylic acid groups (broad SMARTS) is 1. The van der Waals surface area contributed by atoms with Crippen molar-refractivity contribution >= 4 is 46.2 Å². The molecule has 0 fully saturated rings. The molecule has 8 nitrogen and oxygen atoms in total. The van der Waals surface area contributed by atoms with Crippen LogP contribution in [0.2, 0.25) is 10.0 Å². The Morgan fingerprint density at radius 1 is 1.38 bits per heavy atom. The Morgan fingerprint density at radius 2 is 2.12 bits per heavy atom. The summed E-state index contributed by atoms with van der Waals surface area (Å²) in [6.07, 6.45) is 0. The van der Waals surface area contributed by atoms with Crippen molar-refractivity contribution in [3.63, 3.8) is 0 Å². The van der Waals surface area contributed by atoms with Gasteiger partial charge >= 0.3 is 5.97 Å². The van der Waals surface area contributed by atoms with Crippen molar-refractivity contribution in [2.75, 3.05) is 5.32 Å². The molecular weight excluding hydrogens is 357 g/mol. The Labute approximate surface area is 145 Å². The van der Waals surface area contributed by atoms with Gasteiger partial charge in [0.05, 0.1) is 10.0 Å². The van der Waals surface area contributed by atoms with E-state index in [1.165, 1.54) is 11.7 Å². The number of benzene rings is 1. The lowest BCUT2D eigenvalue weighted by Gasteiger charge is -2.06. The van der Waals surface area contributed by atoms with E-state index < -0.39 is 11.5 Å². The maximum Gasteiger partial charge on any atom is 0.358 e. The number of nitrogens with one attached hydrogen (secondary N) is 2. The first-order valence-electron chi connectivity index (χ1n) is 6.75. The van der Waals surface area contributed by atoms with Crippen LogP contribution >= 0.6 is 23.2 Å². The van der Waals surface area contributed by atoms with E-state index in [0.717, 1.165) is 5.56 Å². The molecule has 1 aromatic carbocycles. The maximum absolute atomic E-state index is 12.1. The summed E-state index contributed by atoms with van der Waals surface area (Å²) in [5, 5.41) is 16.7. The van der Waals surface area contributed by atoms with Crippen LogP contribution in [0.15, 0.2) is 23.0 Å². The van der Waals surface area contributed by atoms with Crippen LogP contribution in [0.4, 0.5) is 5.95 Å². The monoisotopic (exact) mass is 367 g/mol. The van der Waals surface area contributed by atoms with E-state index in [0.29, 0.717) is 16.6 Å². The van der Waals surface area contributed by atoms with Crippen LogP contribution < -0.4 is 10.9 Å². The van der Waals surface area contributed by atoms with Crippen LogP contribution in [0.1, 0.15) is 16.1 Å². The number of carboxylic acids is 1. The summed E-state index contributed by atoms with van der Waals surface area (Å²) in [5.74, 6) is -1.12. The Bertz CT molecular complexity index is 1010. The first-order chi connectivity index (χ1) is 11.4. The summed E-state index contributed by atoms with van der Waals surface area (Å²) in [6, 6.07) is 5.11. The van der Waals surface area contributed by atoms with Crippen LogP contribution in [0.25, 0.3) is 11.0 Å². The van der Waals surface area contributed by atoms with E-state index in [1.54, 1.807) is 18.2 Å². The number of hydrogen-bond donors (Lipinski definition) is 3. The quantitative estimate of drug-likeness (QED) is 0.651. The summed E-state index contributed by atoms with van der Waals surface area (Å²) < 4.78 is 1.19.